The molecule has 1 heterocycles. The van der Waals surface area contributed by atoms with Crippen LogP contribution in [0.4, 0.5) is 0 Å². The minimum Gasteiger partial charge on any atom is -0.281 e. The molecule has 0 spiro atoms. The monoisotopic (exact) mass is 233 g/mol. The molecule has 0 aliphatic carbocycles. The van der Waals surface area contributed by atoms with Crippen LogP contribution in [0.1, 0.15) is 51.4 Å². The van der Waals surface area contributed by atoms with Gasteiger partial charge >= 0.3 is 0 Å². The van der Waals surface area contributed by atoms with Gasteiger partial charge in [-0.25, -0.2) is 4.99 Å². The van der Waals surface area contributed by atoms with Crippen LogP contribution in [0.25, 0.3) is 0 Å². The molecule has 0 saturated heterocycles. The van der Waals surface area contributed by atoms with E-state index in [1.54, 1.807) is 0 Å². The molecular formula is C14H23N3. The summed E-state index contributed by atoms with van der Waals surface area (Å²) in [6.45, 7) is 15.8. The summed E-state index contributed by atoms with van der Waals surface area (Å²) in [4.78, 5) is 7.78. The van der Waals surface area contributed by atoms with E-state index in [2.05, 4.69) is 37.5 Å². The lowest BCUT2D eigenvalue weighted by Crippen LogP contribution is -2.14. The molecule has 0 unspecified atom stereocenters. The third kappa shape index (κ3) is 4.10. The first kappa shape index (κ1) is 15.5. The van der Waals surface area contributed by atoms with Crippen LogP contribution in [0.5, 0.6) is 0 Å². The normalized spacial score (nSPS) is 10.2. The molecule has 0 saturated carbocycles. The summed E-state index contributed by atoms with van der Waals surface area (Å²) in [6.07, 6.45) is 1.82. The zero-order chi connectivity index (χ0) is 13.6. The Hall–Kier alpha value is -1.51. The largest absolute Gasteiger partial charge is 0.281 e. The van der Waals surface area contributed by atoms with Gasteiger partial charge in [0, 0.05) is 6.20 Å². The molecule has 0 aliphatic rings. The molecule has 0 aromatic carbocycles. The number of pyridine rings is 1. The summed E-state index contributed by atoms with van der Waals surface area (Å²) in [6, 6.07) is 1.89. The van der Waals surface area contributed by atoms with Crippen molar-refractivity contribution >= 4 is 12.6 Å². The molecule has 1 aromatic heterocycles. The Labute approximate surface area is 105 Å². The van der Waals surface area contributed by atoms with Gasteiger partial charge in [0.25, 0.3) is 0 Å². The molecule has 17 heavy (non-hydrogen) atoms. The molecule has 3 nitrogen and oxygen atoms in total. The van der Waals surface area contributed by atoms with Crippen molar-refractivity contribution in [3.05, 3.63) is 29.1 Å². The average Bonchev–Trinajstić information content (AvgIpc) is 2.28. The molecule has 0 radical (unpaired) electrons. The number of aliphatic imine (C=N–C) groups is 1. The van der Waals surface area contributed by atoms with Crippen LogP contribution in [0, 0.1) is 12.3 Å². The minimum atomic E-state index is 0.0827. The lowest BCUT2D eigenvalue weighted by Gasteiger charge is -2.21. The number of aryl methyl sites for hydroxylation is 1. The Morgan fingerprint density at radius 3 is 2.24 bits per heavy atom. The number of hydrogen-bond donors (Lipinski definition) is 1. The van der Waals surface area contributed by atoms with Crippen LogP contribution < -0.4 is 0 Å². The maximum atomic E-state index is 7.51. The van der Waals surface area contributed by atoms with Gasteiger partial charge in [-0.1, -0.05) is 34.6 Å². The highest BCUT2D eigenvalue weighted by molar-refractivity contribution is 5.97. The summed E-state index contributed by atoms with van der Waals surface area (Å²) in [5.74, 6) is 0.124. The van der Waals surface area contributed by atoms with E-state index in [4.69, 9.17) is 5.41 Å². The van der Waals surface area contributed by atoms with Gasteiger partial charge in [0.05, 0.1) is 0 Å². The van der Waals surface area contributed by atoms with Crippen molar-refractivity contribution < 1.29 is 0 Å². The highest BCUT2D eigenvalue weighted by Crippen LogP contribution is 2.24. The van der Waals surface area contributed by atoms with Crippen LogP contribution >= 0.6 is 0 Å². The Morgan fingerprint density at radius 1 is 1.35 bits per heavy atom. The average molecular weight is 233 g/mol. The van der Waals surface area contributed by atoms with E-state index in [1.165, 1.54) is 5.56 Å². The second-order valence-electron chi connectivity index (χ2n) is 4.64. The van der Waals surface area contributed by atoms with Gasteiger partial charge in [0.1, 0.15) is 5.69 Å². The Balaban J connectivity index is 0.00000121. The second kappa shape index (κ2) is 6.28. The van der Waals surface area contributed by atoms with Crippen LogP contribution in [-0.4, -0.2) is 17.5 Å². The van der Waals surface area contributed by atoms with Gasteiger partial charge in [0.2, 0.25) is 0 Å². The van der Waals surface area contributed by atoms with Gasteiger partial charge in [-0.05, 0) is 36.2 Å². The molecule has 0 amide bonds. The number of nitrogens with one attached hydrogen (secondary N) is 1. The quantitative estimate of drug-likeness (QED) is 0.583. The predicted molar refractivity (Wildman–Crippen MR) is 75.4 cm³/mol. The Morgan fingerprint density at radius 2 is 1.88 bits per heavy atom. The van der Waals surface area contributed by atoms with E-state index in [0.29, 0.717) is 5.69 Å². The molecule has 0 bridgehead atoms. The number of aromatic nitrogens is 1. The first-order chi connectivity index (χ1) is 7.86. The van der Waals surface area contributed by atoms with Crippen molar-refractivity contribution in [1.29, 1.82) is 5.41 Å². The fourth-order valence-electron chi connectivity index (χ4n) is 1.55. The summed E-state index contributed by atoms with van der Waals surface area (Å²) in [5.41, 5.74) is 3.00. The van der Waals surface area contributed by atoms with Crippen LogP contribution in [0.2, 0.25) is 0 Å². The van der Waals surface area contributed by atoms with Crippen LogP contribution in [0.15, 0.2) is 17.3 Å². The molecule has 0 aliphatic heterocycles. The van der Waals surface area contributed by atoms with Gasteiger partial charge in [0.15, 0.2) is 5.84 Å². The Kier molecular flexibility index (Phi) is 5.72. The van der Waals surface area contributed by atoms with Crippen molar-refractivity contribution in [3.63, 3.8) is 0 Å². The standard InChI is InChI=1S/C12H17N3.C2H6/c1-8-6-10(11(13)14-5)15-7-9(8)12(2,3)4;1-2/h6-7,13H,5H2,1-4H3;1-2H3. The van der Waals surface area contributed by atoms with Crippen molar-refractivity contribution in [2.75, 3.05) is 0 Å². The van der Waals surface area contributed by atoms with Gasteiger partial charge in [-0.15, -0.1) is 0 Å². The topological polar surface area (TPSA) is 49.1 Å². The fourth-order valence-corrected chi connectivity index (χ4v) is 1.55. The number of hydrogen-bond acceptors (Lipinski definition) is 2. The SMILES string of the molecule is C=NC(=N)c1cc(C)c(C(C)(C)C)cn1.CC. The first-order valence-corrected chi connectivity index (χ1v) is 5.89. The molecule has 1 N–H and O–H groups in total. The maximum absolute atomic E-state index is 7.51. The summed E-state index contributed by atoms with van der Waals surface area (Å²) in [5, 5.41) is 7.51. The molecule has 94 valence electrons. The maximum Gasteiger partial charge on any atom is 0.170 e. The van der Waals surface area contributed by atoms with Gasteiger partial charge in [-0.3, -0.25) is 10.4 Å². The molecule has 0 atom stereocenters. The highest BCUT2D eigenvalue weighted by Gasteiger charge is 2.17. The second-order valence-corrected chi connectivity index (χ2v) is 4.64. The highest BCUT2D eigenvalue weighted by atomic mass is 14.9. The van der Waals surface area contributed by atoms with Crippen molar-refractivity contribution in [3.8, 4) is 0 Å². The summed E-state index contributed by atoms with van der Waals surface area (Å²) < 4.78 is 0. The summed E-state index contributed by atoms with van der Waals surface area (Å²) in [7, 11) is 0. The summed E-state index contributed by atoms with van der Waals surface area (Å²) >= 11 is 0. The first-order valence-electron chi connectivity index (χ1n) is 5.89. The molecule has 1 aromatic rings. The molecule has 0 fully saturated rings. The van der Waals surface area contributed by atoms with Gasteiger partial charge < -0.3 is 0 Å². The zero-order valence-electron chi connectivity index (χ0n) is 11.8. The van der Waals surface area contributed by atoms with Gasteiger partial charge in [-0.2, -0.15) is 0 Å². The van der Waals surface area contributed by atoms with Crippen molar-refractivity contribution in [1.82, 2.24) is 4.98 Å². The number of nitrogens with zero attached hydrogens (tertiary/aromatic N) is 2. The molecule has 1 rings (SSSR count). The van der Waals surface area contributed by atoms with E-state index in [1.807, 2.05) is 33.0 Å². The van der Waals surface area contributed by atoms with Crippen LogP contribution in [-0.2, 0) is 5.41 Å². The third-order valence-corrected chi connectivity index (χ3v) is 2.32. The van der Waals surface area contributed by atoms with E-state index in [-0.39, 0.29) is 11.3 Å². The van der Waals surface area contributed by atoms with Crippen molar-refractivity contribution in [2.45, 2.75) is 47.0 Å². The predicted octanol–water partition coefficient (Wildman–Crippen LogP) is 3.74. The van der Waals surface area contributed by atoms with Crippen molar-refractivity contribution in [2.24, 2.45) is 4.99 Å². The van der Waals surface area contributed by atoms with E-state index in [9.17, 15) is 0 Å². The zero-order valence-corrected chi connectivity index (χ0v) is 11.8. The van der Waals surface area contributed by atoms with E-state index < -0.39 is 0 Å². The Bertz CT molecular complexity index is 400. The van der Waals surface area contributed by atoms with E-state index >= 15 is 0 Å². The van der Waals surface area contributed by atoms with E-state index in [0.717, 1.165) is 5.56 Å². The number of rotatable bonds is 1. The van der Waals surface area contributed by atoms with Crippen LogP contribution in [0.3, 0.4) is 0 Å². The fraction of sp³-hybridized carbons (Fsp3) is 0.500. The lowest BCUT2D eigenvalue weighted by molar-refractivity contribution is 0.583. The smallest absolute Gasteiger partial charge is 0.170 e. The minimum absolute atomic E-state index is 0.0827. The molecule has 3 heteroatoms. The lowest BCUT2D eigenvalue weighted by atomic mass is 9.85. The molecular weight excluding hydrogens is 210 g/mol. The number of amidine groups is 1. The third-order valence-electron chi connectivity index (χ3n) is 2.32.